The lowest BCUT2D eigenvalue weighted by Crippen LogP contribution is -2.31. The van der Waals surface area contributed by atoms with Crippen molar-refractivity contribution in [1.82, 2.24) is 14.3 Å². The van der Waals surface area contributed by atoms with Crippen molar-refractivity contribution in [1.29, 1.82) is 0 Å². The summed E-state index contributed by atoms with van der Waals surface area (Å²) in [6, 6.07) is 6.56. The third kappa shape index (κ3) is 5.35. The van der Waals surface area contributed by atoms with E-state index < -0.39 is 10.0 Å². The van der Waals surface area contributed by atoms with E-state index >= 15 is 0 Å². The maximum Gasteiger partial charge on any atom is 0.246 e. The second-order valence-corrected chi connectivity index (χ2v) is 10.1. The number of thioether (sulfide) groups is 1. The predicted octanol–water partition coefficient (Wildman–Crippen LogP) is 3.85. The first kappa shape index (κ1) is 23.5. The molecule has 1 amide bonds. The van der Waals surface area contributed by atoms with E-state index in [-0.39, 0.29) is 22.3 Å². The molecule has 0 radical (unpaired) electrons. The number of nitrogens with one attached hydrogen (secondary N) is 1. The fraction of sp³-hybridized carbons (Fsp3) is 0.350. The molecule has 0 saturated carbocycles. The summed E-state index contributed by atoms with van der Waals surface area (Å²) in [6.45, 7) is 6.36. The van der Waals surface area contributed by atoms with Gasteiger partial charge in [0.1, 0.15) is 22.0 Å². The number of hydrogen-bond donors (Lipinski definition) is 1. The van der Waals surface area contributed by atoms with E-state index in [9.17, 15) is 13.2 Å². The van der Waals surface area contributed by atoms with Gasteiger partial charge in [0, 0.05) is 18.8 Å². The van der Waals surface area contributed by atoms with Crippen molar-refractivity contribution in [2.24, 2.45) is 0 Å². The molecular weight excluding hydrogens is 456 g/mol. The lowest BCUT2D eigenvalue weighted by molar-refractivity contribution is -0.113. The van der Waals surface area contributed by atoms with Crippen molar-refractivity contribution in [3.63, 3.8) is 0 Å². The lowest BCUT2D eigenvalue weighted by Gasteiger charge is -2.21. The first-order valence-corrected chi connectivity index (χ1v) is 13.1. The fourth-order valence-corrected chi connectivity index (χ4v) is 6.33. The highest BCUT2D eigenvalue weighted by atomic mass is 32.2. The quantitative estimate of drug-likeness (QED) is 0.347. The van der Waals surface area contributed by atoms with Crippen molar-refractivity contribution in [2.45, 2.75) is 30.7 Å². The summed E-state index contributed by atoms with van der Waals surface area (Å²) in [5, 5.41) is 5.45. The maximum atomic E-state index is 13.1. The number of thiophene rings is 1. The molecule has 8 nitrogen and oxygen atoms in total. The molecule has 0 fully saturated rings. The van der Waals surface area contributed by atoms with Crippen LogP contribution in [0.4, 0.5) is 5.69 Å². The van der Waals surface area contributed by atoms with Crippen LogP contribution in [-0.4, -0.2) is 54.0 Å². The molecule has 3 rings (SSSR count). The largest absolute Gasteiger partial charge is 0.492 e. The molecule has 2 aromatic heterocycles. The number of fused-ring (bicyclic) bond motifs is 1. The summed E-state index contributed by atoms with van der Waals surface area (Å²) in [7, 11) is -3.75. The zero-order valence-corrected chi connectivity index (χ0v) is 19.9. The Labute approximate surface area is 190 Å². The van der Waals surface area contributed by atoms with Crippen LogP contribution in [0.15, 0.2) is 45.9 Å². The van der Waals surface area contributed by atoms with E-state index in [0.717, 1.165) is 15.2 Å². The molecular formula is C20H24N4O4S3. The van der Waals surface area contributed by atoms with E-state index in [0.29, 0.717) is 25.4 Å². The number of nitrogens with zero attached hydrogens (tertiary/aromatic N) is 3. The number of anilines is 1. The number of hydrogen-bond acceptors (Lipinski definition) is 8. The SMILES string of the molecule is CCOc1ccc(NC(=O)CSc2ncnc3ccsc23)cc1S(=O)(=O)N(CC)CC. The fourth-order valence-electron chi connectivity index (χ4n) is 2.96. The number of ether oxygens (including phenoxy) is 1. The van der Waals surface area contributed by atoms with E-state index in [1.54, 1.807) is 32.9 Å². The van der Waals surface area contributed by atoms with E-state index in [4.69, 9.17) is 4.74 Å². The molecule has 0 bridgehead atoms. The minimum absolute atomic E-state index is 0.0413. The van der Waals surface area contributed by atoms with Gasteiger partial charge >= 0.3 is 0 Å². The number of carbonyl (C=O) groups is 1. The van der Waals surface area contributed by atoms with Crippen molar-refractivity contribution >= 4 is 54.9 Å². The van der Waals surface area contributed by atoms with Gasteiger partial charge in [0.15, 0.2) is 0 Å². The van der Waals surface area contributed by atoms with Gasteiger partial charge in [-0.05, 0) is 36.6 Å². The Hall–Kier alpha value is -2.21. The summed E-state index contributed by atoms with van der Waals surface area (Å²) >= 11 is 2.84. The molecule has 1 aromatic carbocycles. The maximum absolute atomic E-state index is 13.1. The second kappa shape index (κ2) is 10.4. The zero-order chi connectivity index (χ0) is 22.4. The Balaban J connectivity index is 1.78. The molecule has 0 saturated heterocycles. The molecule has 1 N–H and O–H groups in total. The van der Waals surface area contributed by atoms with Gasteiger partial charge in [-0.1, -0.05) is 25.6 Å². The summed E-state index contributed by atoms with van der Waals surface area (Å²) in [6.07, 6.45) is 1.48. The van der Waals surface area contributed by atoms with E-state index in [1.165, 1.54) is 39.8 Å². The average Bonchev–Trinajstić information content (AvgIpc) is 3.23. The summed E-state index contributed by atoms with van der Waals surface area (Å²) < 4.78 is 33.9. The molecule has 0 aliphatic carbocycles. The van der Waals surface area contributed by atoms with Crippen molar-refractivity contribution < 1.29 is 17.9 Å². The van der Waals surface area contributed by atoms with Crippen LogP contribution in [0.1, 0.15) is 20.8 Å². The average molecular weight is 481 g/mol. The van der Waals surface area contributed by atoms with Crippen molar-refractivity contribution in [3.05, 3.63) is 36.0 Å². The highest BCUT2D eigenvalue weighted by Gasteiger charge is 2.26. The van der Waals surface area contributed by atoms with Crippen LogP contribution in [0, 0.1) is 0 Å². The van der Waals surface area contributed by atoms with Gasteiger partial charge in [0.05, 0.1) is 22.6 Å². The molecule has 166 valence electrons. The van der Waals surface area contributed by atoms with Crippen LogP contribution >= 0.6 is 23.1 Å². The van der Waals surface area contributed by atoms with Gasteiger partial charge in [-0.3, -0.25) is 4.79 Å². The van der Waals surface area contributed by atoms with Crippen LogP contribution in [-0.2, 0) is 14.8 Å². The van der Waals surface area contributed by atoms with Gasteiger partial charge < -0.3 is 10.1 Å². The molecule has 0 aliphatic heterocycles. The molecule has 3 aromatic rings. The number of benzene rings is 1. The molecule has 0 unspecified atom stereocenters. The number of amides is 1. The topological polar surface area (TPSA) is 101 Å². The number of aromatic nitrogens is 2. The van der Waals surface area contributed by atoms with Gasteiger partial charge in [0.25, 0.3) is 0 Å². The van der Waals surface area contributed by atoms with E-state index in [2.05, 4.69) is 15.3 Å². The Morgan fingerprint density at radius 1 is 1.19 bits per heavy atom. The molecule has 11 heteroatoms. The number of carbonyl (C=O) groups excluding carboxylic acids is 1. The van der Waals surface area contributed by atoms with Crippen molar-refractivity contribution in [3.8, 4) is 5.75 Å². The molecule has 31 heavy (non-hydrogen) atoms. The van der Waals surface area contributed by atoms with Gasteiger partial charge in [-0.15, -0.1) is 11.3 Å². The molecule has 0 spiro atoms. The number of rotatable bonds is 10. The molecule has 2 heterocycles. The Morgan fingerprint density at radius 3 is 2.68 bits per heavy atom. The van der Waals surface area contributed by atoms with E-state index in [1.807, 2.05) is 11.4 Å². The van der Waals surface area contributed by atoms with Crippen LogP contribution in [0.5, 0.6) is 5.75 Å². The first-order chi connectivity index (χ1) is 14.9. The normalized spacial score (nSPS) is 11.7. The zero-order valence-electron chi connectivity index (χ0n) is 17.5. The van der Waals surface area contributed by atoms with Crippen molar-refractivity contribution in [2.75, 3.05) is 30.8 Å². The van der Waals surface area contributed by atoms with Gasteiger partial charge in [-0.25, -0.2) is 18.4 Å². The Bertz CT molecular complexity index is 1160. The predicted molar refractivity (Wildman–Crippen MR) is 124 cm³/mol. The Morgan fingerprint density at radius 2 is 1.97 bits per heavy atom. The molecule has 0 aliphatic rings. The van der Waals surface area contributed by atoms with Crippen LogP contribution in [0.25, 0.3) is 10.2 Å². The minimum Gasteiger partial charge on any atom is -0.492 e. The van der Waals surface area contributed by atoms with Crippen LogP contribution in [0.2, 0.25) is 0 Å². The minimum atomic E-state index is -3.75. The van der Waals surface area contributed by atoms with Gasteiger partial charge in [-0.2, -0.15) is 4.31 Å². The third-order valence-corrected chi connectivity index (χ3v) is 8.50. The third-order valence-electron chi connectivity index (χ3n) is 4.40. The summed E-state index contributed by atoms with van der Waals surface area (Å²) in [5.41, 5.74) is 1.24. The highest BCUT2D eigenvalue weighted by molar-refractivity contribution is 8.00. The van der Waals surface area contributed by atoms with Crippen LogP contribution < -0.4 is 10.1 Å². The van der Waals surface area contributed by atoms with Crippen LogP contribution in [0.3, 0.4) is 0 Å². The lowest BCUT2D eigenvalue weighted by atomic mass is 10.3. The highest BCUT2D eigenvalue weighted by Crippen LogP contribution is 2.31. The molecule has 0 atom stereocenters. The number of sulfonamides is 1. The second-order valence-electron chi connectivity index (χ2n) is 6.33. The summed E-state index contributed by atoms with van der Waals surface area (Å²) in [4.78, 5) is 21.0. The smallest absolute Gasteiger partial charge is 0.246 e. The Kier molecular flexibility index (Phi) is 7.87. The first-order valence-electron chi connectivity index (χ1n) is 9.78. The standard InChI is InChI=1S/C20H24N4O4S3/c1-4-24(5-2)31(26,27)17-11-14(7-8-16(17)28-6-3)23-18(25)12-30-20-19-15(9-10-29-19)21-13-22-20/h7-11,13H,4-6,12H2,1-3H3,(H,23,25). The van der Waals surface area contributed by atoms with Gasteiger partial charge in [0.2, 0.25) is 15.9 Å². The monoisotopic (exact) mass is 480 g/mol. The summed E-state index contributed by atoms with van der Waals surface area (Å²) in [5.74, 6) is 0.140.